The van der Waals surface area contributed by atoms with E-state index < -0.39 is 0 Å². The molecule has 2 N–H and O–H groups in total. The van der Waals surface area contributed by atoms with Gasteiger partial charge in [0.1, 0.15) is 5.82 Å². The molecule has 0 amide bonds. The largest absolute Gasteiger partial charge is 0.384 e. The summed E-state index contributed by atoms with van der Waals surface area (Å²) in [4.78, 5) is 8.25. The predicted octanol–water partition coefficient (Wildman–Crippen LogP) is 3.61. The van der Waals surface area contributed by atoms with Crippen molar-refractivity contribution in [2.24, 2.45) is 0 Å². The van der Waals surface area contributed by atoms with Crippen LogP contribution in [0.3, 0.4) is 0 Å². The van der Waals surface area contributed by atoms with Crippen molar-refractivity contribution in [3.8, 4) is 11.5 Å². The van der Waals surface area contributed by atoms with E-state index in [4.69, 9.17) is 33.5 Å². The molecule has 0 aliphatic rings. The van der Waals surface area contributed by atoms with Crippen molar-refractivity contribution < 1.29 is 4.52 Å². The monoisotopic (exact) mass is 320 g/mol. The maximum atomic E-state index is 5.98. The highest BCUT2D eigenvalue weighted by atomic mass is 35.5. The van der Waals surface area contributed by atoms with Crippen LogP contribution in [0.5, 0.6) is 0 Å². The van der Waals surface area contributed by atoms with Crippen LogP contribution < -0.4 is 5.73 Å². The van der Waals surface area contributed by atoms with E-state index in [-0.39, 0.29) is 0 Å². The maximum Gasteiger partial charge on any atom is 0.258 e. The maximum absolute atomic E-state index is 5.98. The first-order valence-electron chi connectivity index (χ1n) is 6.10. The highest BCUT2D eigenvalue weighted by Crippen LogP contribution is 2.24. The van der Waals surface area contributed by atoms with Gasteiger partial charge in [0.15, 0.2) is 5.82 Å². The zero-order chi connectivity index (χ0) is 14.8. The molecule has 3 rings (SSSR count). The fourth-order valence-corrected chi connectivity index (χ4v) is 2.18. The van der Waals surface area contributed by atoms with Gasteiger partial charge in [-0.25, -0.2) is 4.98 Å². The van der Waals surface area contributed by atoms with Crippen LogP contribution in [0, 0.1) is 0 Å². The van der Waals surface area contributed by atoms with Crippen LogP contribution in [0.1, 0.15) is 11.4 Å². The first-order chi connectivity index (χ1) is 10.1. The quantitative estimate of drug-likeness (QED) is 0.797. The van der Waals surface area contributed by atoms with Gasteiger partial charge in [0.25, 0.3) is 5.89 Å². The number of hydrogen-bond donors (Lipinski definition) is 1. The number of aromatic nitrogens is 3. The molecule has 7 heteroatoms. The fraction of sp³-hybridized carbons (Fsp3) is 0.0714. The summed E-state index contributed by atoms with van der Waals surface area (Å²) in [5.41, 5.74) is 7.31. The van der Waals surface area contributed by atoms with Crippen LogP contribution in [0.4, 0.5) is 5.82 Å². The molecule has 0 unspecified atom stereocenters. The molecule has 21 heavy (non-hydrogen) atoms. The van der Waals surface area contributed by atoms with Crippen LogP contribution in [-0.4, -0.2) is 15.1 Å². The minimum absolute atomic E-state index is 0.400. The lowest BCUT2D eigenvalue weighted by Gasteiger charge is -1.99. The third-order valence-corrected chi connectivity index (χ3v) is 3.58. The topological polar surface area (TPSA) is 77.8 Å². The molecule has 3 aromatic rings. The third kappa shape index (κ3) is 3.15. The van der Waals surface area contributed by atoms with E-state index in [0.29, 0.717) is 34.0 Å². The molecular formula is C14H10Cl2N4O. The van der Waals surface area contributed by atoms with Gasteiger partial charge in [-0.2, -0.15) is 4.98 Å². The second-order valence-corrected chi connectivity index (χ2v) is 5.22. The smallest absolute Gasteiger partial charge is 0.258 e. The van der Waals surface area contributed by atoms with Crippen molar-refractivity contribution >= 4 is 29.0 Å². The van der Waals surface area contributed by atoms with Crippen LogP contribution in [-0.2, 0) is 6.42 Å². The van der Waals surface area contributed by atoms with Crippen LogP contribution in [0.15, 0.2) is 41.1 Å². The van der Waals surface area contributed by atoms with Crippen molar-refractivity contribution in [1.29, 1.82) is 0 Å². The molecule has 0 radical (unpaired) electrons. The summed E-state index contributed by atoms with van der Waals surface area (Å²) in [5, 5.41) is 4.96. The molecule has 1 aromatic carbocycles. The Morgan fingerprint density at radius 3 is 2.71 bits per heavy atom. The Hall–Kier alpha value is -2.11. The first-order valence-corrected chi connectivity index (χ1v) is 6.86. The molecule has 0 aliphatic carbocycles. The summed E-state index contributed by atoms with van der Waals surface area (Å²) in [5.74, 6) is 1.36. The van der Waals surface area contributed by atoms with E-state index in [1.54, 1.807) is 30.5 Å². The molecule has 0 bridgehead atoms. The van der Waals surface area contributed by atoms with E-state index in [9.17, 15) is 0 Å². The van der Waals surface area contributed by atoms with E-state index in [1.807, 2.05) is 6.07 Å². The molecule has 2 heterocycles. The average Bonchev–Trinajstić information content (AvgIpc) is 2.91. The fourth-order valence-electron chi connectivity index (χ4n) is 1.86. The van der Waals surface area contributed by atoms with Crippen molar-refractivity contribution in [3.63, 3.8) is 0 Å². The van der Waals surface area contributed by atoms with E-state index in [2.05, 4.69) is 15.1 Å². The SMILES string of the molecule is Nc1cc(-c2nc(Cc3ccc(Cl)c(Cl)c3)no2)ccn1. The molecule has 0 aliphatic heterocycles. The zero-order valence-corrected chi connectivity index (χ0v) is 12.3. The Labute approximate surface area is 130 Å². The summed E-state index contributed by atoms with van der Waals surface area (Å²) in [6.45, 7) is 0. The lowest BCUT2D eigenvalue weighted by molar-refractivity contribution is 0.424. The number of halogens is 2. The summed E-state index contributed by atoms with van der Waals surface area (Å²) in [6, 6.07) is 8.83. The molecule has 0 saturated carbocycles. The Morgan fingerprint density at radius 2 is 1.95 bits per heavy atom. The van der Waals surface area contributed by atoms with Crippen LogP contribution in [0.25, 0.3) is 11.5 Å². The summed E-state index contributed by atoms with van der Waals surface area (Å²) in [6.07, 6.45) is 2.09. The number of benzene rings is 1. The second kappa shape index (κ2) is 5.71. The van der Waals surface area contributed by atoms with Gasteiger partial charge >= 0.3 is 0 Å². The summed E-state index contributed by atoms with van der Waals surface area (Å²) < 4.78 is 5.23. The van der Waals surface area contributed by atoms with E-state index in [1.165, 1.54) is 0 Å². The molecule has 0 spiro atoms. The minimum atomic E-state index is 0.400. The van der Waals surface area contributed by atoms with Gasteiger partial charge in [-0.3, -0.25) is 0 Å². The van der Waals surface area contributed by atoms with Crippen LogP contribution >= 0.6 is 23.2 Å². The number of nitrogens with zero attached hydrogens (tertiary/aromatic N) is 3. The average molecular weight is 321 g/mol. The normalized spacial score (nSPS) is 10.8. The van der Waals surface area contributed by atoms with Gasteiger partial charge < -0.3 is 10.3 Å². The Bertz CT molecular complexity index is 788. The van der Waals surface area contributed by atoms with Crippen molar-refractivity contribution in [1.82, 2.24) is 15.1 Å². The highest BCUT2D eigenvalue weighted by Gasteiger charge is 2.10. The molecule has 5 nitrogen and oxygen atoms in total. The Morgan fingerprint density at radius 1 is 1.10 bits per heavy atom. The molecule has 0 fully saturated rings. The van der Waals surface area contributed by atoms with Gasteiger partial charge in [0.2, 0.25) is 0 Å². The molecular weight excluding hydrogens is 311 g/mol. The highest BCUT2D eigenvalue weighted by molar-refractivity contribution is 6.42. The van der Waals surface area contributed by atoms with Crippen LogP contribution in [0.2, 0.25) is 10.0 Å². The van der Waals surface area contributed by atoms with E-state index >= 15 is 0 Å². The summed E-state index contributed by atoms with van der Waals surface area (Å²) in [7, 11) is 0. The van der Waals surface area contributed by atoms with Crippen molar-refractivity contribution in [2.45, 2.75) is 6.42 Å². The molecule has 106 valence electrons. The predicted molar refractivity (Wildman–Crippen MR) is 81.2 cm³/mol. The van der Waals surface area contributed by atoms with Gasteiger partial charge in [-0.15, -0.1) is 0 Å². The minimum Gasteiger partial charge on any atom is -0.384 e. The molecule has 0 saturated heterocycles. The lowest BCUT2D eigenvalue weighted by atomic mass is 10.1. The molecule has 0 atom stereocenters. The standard InChI is InChI=1S/C14H10Cl2N4O/c15-10-2-1-8(5-11(10)16)6-13-19-14(21-20-13)9-3-4-18-12(17)7-9/h1-5,7H,6H2,(H2,17,18). The number of hydrogen-bond acceptors (Lipinski definition) is 5. The van der Waals surface area contributed by atoms with Crippen molar-refractivity contribution in [2.75, 3.05) is 5.73 Å². The number of anilines is 1. The van der Waals surface area contributed by atoms with Gasteiger partial charge in [0, 0.05) is 18.2 Å². The van der Waals surface area contributed by atoms with Crippen molar-refractivity contribution in [3.05, 3.63) is 58.0 Å². The number of nitrogen functional groups attached to an aromatic ring is 1. The third-order valence-electron chi connectivity index (χ3n) is 2.84. The summed E-state index contributed by atoms with van der Waals surface area (Å²) >= 11 is 11.9. The molecule has 2 aromatic heterocycles. The first kappa shape index (κ1) is 13.9. The lowest BCUT2D eigenvalue weighted by Crippen LogP contribution is -1.92. The second-order valence-electron chi connectivity index (χ2n) is 4.41. The van der Waals surface area contributed by atoms with Gasteiger partial charge in [-0.1, -0.05) is 34.4 Å². The Balaban J connectivity index is 1.83. The Kier molecular flexibility index (Phi) is 3.77. The van der Waals surface area contributed by atoms with E-state index in [0.717, 1.165) is 11.1 Å². The van der Waals surface area contributed by atoms with Gasteiger partial charge in [0.05, 0.1) is 10.0 Å². The number of pyridine rings is 1. The number of rotatable bonds is 3. The number of nitrogens with two attached hydrogens (primary N) is 1. The zero-order valence-electron chi connectivity index (χ0n) is 10.8. The van der Waals surface area contributed by atoms with Gasteiger partial charge in [-0.05, 0) is 29.8 Å².